The van der Waals surface area contributed by atoms with Gasteiger partial charge >= 0.3 is 17.0 Å². The van der Waals surface area contributed by atoms with Gasteiger partial charge in [0.05, 0.1) is 20.8 Å². The van der Waals surface area contributed by atoms with Crippen LogP contribution in [0.4, 0.5) is 13.2 Å². The predicted octanol–water partition coefficient (Wildman–Crippen LogP) is 4.62. The number of carbonyl (C=O) groups is 1. The molecule has 0 saturated heterocycles. The molecule has 0 bridgehead atoms. The molecule has 1 aromatic carbocycles. The van der Waals surface area contributed by atoms with Gasteiger partial charge in [-0.15, -0.1) is 0 Å². The van der Waals surface area contributed by atoms with E-state index in [1.807, 2.05) is 0 Å². The van der Waals surface area contributed by atoms with E-state index in [9.17, 15) is 22.8 Å². The quantitative estimate of drug-likeness (QED) is 0.398. The summed E-state index contributed by atoms with van der Waals surface area (Å²) in [5.74, 6) is -0.498. The van der Waals surface area contributed by atoms with E-state index in [-0.39, 0.29) is 23.2 Å². The van der Waals surface area contributed by atoms with Crippen LogP contribution in [0, 0.1) is 0 Å². The van der Waals surface area contributed by atoms with E-state index in [1.54, 1.807) is 12.1 Å². The maximum absolute atomic E-state index is 12.9. The van der Waals surface area contributed by atoms with Crippen LogP contribution < -0.4 is 9.61 Å². The number of thiazole rings is 1. The second-order valence-electron chi connectivity index (χ2n) is 6.04. The fourth-order valence-corrected chi connectivity index (χ4v) is 3.64. The summed E-state index contributed by atoms with van der Waals surface area (Å²) in [7, 11) is 0. The maximum Gasteiger partial charge on any atom is 0.417 e. The molecule has 11 heteroatoms. The maximum atomic E-state index is 12.9. The number of rotatable bonds is 6. The molecule has 6 nitrogen and oxygen atoms in total. The number of ether oxygens (including phenoxy) is 2. The standard InChI is InChI=1S/C19H14ClF3N2O4S/c1-3-6-28-17(26)10(2)29-12-4-5-15-14(8-12)25(18(27)30-15)16-13(20)7-11(9-24-16)19(21,22)23/h3-5,7-10H,1,6H2,2H3. The molecule has 1 unspecified atom stereocenters. The first-order valence-electron chi connectivity index (χ1n) is 8.44. The summed E-state index contributed by atoms with van der Waals surface area (Å²) < 4.78 is 50.7. The van der Waals surface area contributed by atoms with Crippen molar-refractivity contribution in [2.45, 2.75) is 19.2 Å². The fourth-order valence-electron chi connectivity index (χ4n) is 2.53. The molecule has 2 aromatic heterocycles. The van der Waals surface area contributed by atoms with E-state index >= 15 is 0 Å². The van der Waals surface area contributed by atoms with Crippen LogP contribution in [0.3, 0.4) is 0 Å². The Hall–Kier alpha value is -2.85. The first-order chi connectivity index (χ1) is 14.1. The summed E-state index contributed by atoms with van der Waals surface area (Å²) in [4.78, 5) is 27.6. The lowest BCUT2D eigenvalue weighted by atomic mass is 10.2. The molecule has 3 aromatic rings. The van der Waals surface area contributed by atoms with Crippen LogP contribution >= 0.6 is 22.9 Å². The van der Waals surface area contributed by atoms with Gasteiger partial charge in [-0.25, -0.2) is 14.3 Å². The number of hydrogen-bond donors (Lipinski definition) is 0. The van der Waals surface area contributed by atoms with Crippen LogP contribution in [0.15, 0.2) is 47.9 Å². The molecule has 0 spiro atoms. The molecule has 0 aliphatic heterocycles. The number of carbonyl (C=O) groups excluding carboxylic acids is 1. The number of pyridine rings is 1. The number of esters is 1. The summed E-state index contributed by atoms with van der Waals surface area (Å²) in [5.41, 5.74) is -0.706. The Morgan fingerprint density at radius 1 is 1.40 bits per heavy atom. The van der Waals surface area contributed by atoms with Gasteiger partial charge in [0.1, 0.15) is 12.4 Å². The molecule has 3 rings (SSSR count). The van der Waals surface area contributed by atoms with Crippen molar-refractivity contribution in [3.8, 4) is 11.6 Å². The third-order valence-corrected chi connectivity index (χ3v) is 5.10. The fraction of sp³-hybridized carbons (Fsp3) is 0.211. The highest BCUT2D eigenvalue weighted by atomic mass is 35.5. The van der Waals surface area contributed by atoms with E-state index in [0.29, 0.717) is 22.5 Å². The number of aromatic nitrogens is 2. The molecule has 30 heavy (non-hydrogen) atoms. The second-order valence-corrected chi connectivity index (χ2v) is 7.44. The van der Waals surface area contributed by atoms with E-state index in [0.717, 1.165) is 15.9 Å². The molecular formula is C19H14ClF3N2O4S. The third-order valence-electron chi connectivity index (χ3n) is 3.90. The predicted molar refractivity (Wildman–Crippen MR) is 106 cm³/mol. The minimum atomic E-state index is -4.62. The minimum absolute atomic E-state index is 0.0354. The average molecular weight is 459 g/mol. The zero-order valence-corrected chi connectivity index (χ0v) is 17.0. The molecule has 0 aliphatic carbocycles. The van der Waals surface area contributed by atoms with Gasteiger partial charge in [-0.3, -0.25) is 4.79 Å². The van der Waals surface area contributed by atoms with Crippen molar-refractivity contribution in [2.24, 2.45) is 0 Å². The van der Waals surface area contributed by atoms with Crippen LogP contribution in [0.5, 0.6) is 5.75 Å². The second kappa shape index (κ2) is 8.49. The number of nitrogens with zero attached hydrogens (tertiary/aromatic N) is 2. The molecule has 1 atom stereocenters. The van der Waals surface area contributed by atoms with E-state index in [1.165, 1.54) is 19.1 Å². The molecule has 0 fully saturated rings. The van der Waals surface area contributed by atoms with Crippen LogP contribution in [-0.4, -0.2) is 28.2 Å². The Morgan fingerprint density at radius 3 is 2.77 bits per heavy atom. The van der Waals surface area contributed by atoms with Gasteiger partial charge in [0, 0.05) is 12.3 Å². The molecule has 2 heterocycles. The first-order valence-corrected chi connectivity index (χ1v) is 9.64. The lowest BCUT2D eigenvalue weighted by molar-refractivity contribution is -0.149. The molecule has 158 valence electrons. The van der Waals surface area contributed by atoms with Crippen molar-refractivity contribution >= 4 is 39.1 Å². The van der Waals surface area contributed by atoms with Crippen molar-refractivity contribution in [1.82, 2.24) is 9.55 Å². The lowest BCUT2D eigenvalue weighted by Crippen LogP contribution is -2.26. The van der Waals surface area contributed by atoms with Gasteiger partial charge in [-0.05, 0) is 25.1 Å². The van der Waals surface area contributed by atoms with E-state index in [2.05, 4.69) is 11.6 Å². The highest BCUT2D eigenvalue weighted by Gasteiger charge is 2.32. The van der Waals surface area contributed by atoms with Crippen molar-refractivity contribution in [3.05, 3.63) is 63.4 Å². The summed E-state index contributed by atoms with van der Waals surface area (Å²) in [6.07, 6.45) is -3.53. The molecule has 0 saturated carbocycles. The summed E-state index contributed by atoms with van der Waals surface area (Å²) >= 11 is 6.86. The SMILES string of the molecule is C=CCOC(=O)C(C)Oc1ccc2sc(=O)n(-c3ncc(C(F)(F)F)cc3Cl)c2c1. The highest BCUT2D eigenvalue weighted by molar-refractivity contribution is 7.16. The third kappa shape index (κ3) is 4.49. The molecule has 0 radical (unpaired) electrons. The van der Waals surface area contributed by atoms with Gasteiger partial charge in [0.2, 0.25) is 0 Å². The molecular weight excluding hydrogens is 445 g/mol. The zero-order valence-electron chi connectivity index (χ0n) is 15.4. The van der Waals surface area contributed by atoms with Gasteiger partial charge in [-0.2, -0.15) is 13.2 Å². The van der Waals surface area contributed by atoms with E-state index < -0.39 is 28.7 Å². The molecule has 0 amide bonds. The Balaban J connectivity index is 2.00. The number of alkyl halides is 3. The Kier molecular flexibility index (Phi) is 6.18. The minimum Gasteiger partial charge on any atom is -0.479 e. The summed E-state index contributed by atoms with van der Waals surface area (Å²) in [5, 5.41) is -0.334. The Labute approximate surface area is 177 Å². The number of halogens is 4. The Bertz CT molecular complexity index is 1170. The van der Waals surface area contributed by atoms with Crippen molar-refractivity contribution in [2.75, 3.05) is 6.61 Å². The number of benzene rings is 1. The average Bonchev–Trinajstić information content (AvgIpc) is 3.00. The Morgan fingerprint density at radius 2 is 2.13 bits per heavy atom. The largest absolute Gasteiger partial charge is 0.479 e. The number of hydrogen-bond acceptors (Lipinski definition) is 6. The lowest BCUT2D eigenvalue weighted by Gasteiger charge is -2.14. The molecule has 0 N–H and O–H groups in total. The van der Waals surface area contributed by atoms with Gasteiger partial charge in [-0.1, -0.05) is 35.6 Å². The van der Waals surface area contributed by atoms with Gasteiger partial charge < -0.3 is 9.47 Å². The van der Waals surface area contributed by atoms with Crippen molar-refractivity contribution in [3.63, 3.8) is 0 Å². The zero-order chi connectivity index (χ0) is 22.1. The first kappa shape index (κ1) is 21.8. The van der Waals surface area contributed by atoms with E-state index in [4.69, 9.17) is 21.1 Å². The normalized spacial score (nSPS) is 12.6. The van der Waals surface area contributed by atoms with Crippen molar-refractivity contribution in [1.29, 1.82) is 0 Å². The summed E-state index contributed by atoms with van der Waals surface area (Å²) in [6, 6.07) is 5.33. The molecule has 0 aliphatic rings. The van der Waals surface area contributed by atoms with Crippen molar-refractivity contribution < 1.29 is 27.4 Å². The van der Waals surface area contributed by atoms with Crippen LogP contribution in [0.2, 0.25) is 5.02 Å². The number of fused-ring (bicyclic) bond motifs is 1. The van der Waals surface area contributed by atoms with Gasteiger partial charge in [0.15, 0.2) is 11.9 Å². The van der Waals surface area contributed by atoms with Gasteiger partial charge in [0.25, 0.3) is 0 Å². The topological polar surface area (TPSA) is 70.4 Å². The van der Waals surface area contributed by atoms with Crippen LogP contribution in [-0.2, 0) is 15.7 Å². The monoisotopic (exact) mass is 458 g/mol. The highest BCUT2D eigenvalue weighted by Crippen LogP contribution is 2.33. The summed E-state index contributed by atoms with van der Waals surface area (Å²) in [6.45, 7) is 4.97. The smallest absolute Gasteiger partial charge is 0.417 e. The van der Waals surface area contributed by atoms with Crippen LogP contribution in [0.1, 0.15) is 12.5 Å². The van der Waals surface area contributed by atoms with Crippen LogP contribution in [0.25, 0.3) is 16.0 Å².